The molecule has 0 saturated heterocycles. The first-order chi connectivity index (χ1) is 7.47. The Morgan fingerprint density at radius 1 is 1.44 bits per heavy atom. The standard InChI is InChI=1S/C9H18N2O3S2/c10-9(15)7-16(13,14)11(5-6-12)8-3-1-2-4-8/h8,12H,1-7H2,(H2,10,15). The van der Waals surface area contributed by atoms with E-state index in [4.69, 9.17) is 10.8 Å². The zero-order valence-corrected chi connectivity index (χ0v) is 10.8. The fourth-order valence-corrected chi connectivity index (χ4v) is 4.10. The molecule has 16 heavy (non-hydrogen) atoms. The Morgan fingerprint density at radius 2 is 2.00 bits per heavy atom. The molecule has 0 bridgehead atoms. The Balaban J connectivity index is 2.78. The number of aliphatic hydroxyl groups excluding tert-OH is 1. The summed E-state index contributed by atoms with van der Waals surface area (Å²) in [6.07, 6.45) is 3.79. The van der Waals surface area contributed by atoms with Crippen LogP contribution in [0.3, 0.4) is 0 Å². The Kier molecular flexibility index (Phi) is 5.10. The van der Waals surface area contributed by atoms with Gasteiger partial charge in [0.2, 0.25) is 10.0 Å². The average molecular weight is 266 g/mol. The Morgan fingerprint density at radius 3 is 2.44 bits per heavy atom. The fourth-order valence-electron chi connectivity index (χ4n) is 2.10. The van der Waals surface area contributed by atoms with Crippen molar-refractivity contribution in [1.29, 1.82) is 0 Å². The van der Waals surface area contributed by atoms with E-state index in [9.17, 15) is 8.42 Å². The maximum absolute atomic E-state index is 12.0. The highest BCUT2D eigenvalue weighted by Gasteiger charge is 2.31. The monoisotopic (exact) mass is 266 g/mol. The summed E-state index contributed by atoms with van der Waals surface area (Å²) in [5.41, 5.74) is 5.27. The first-order valence-electron chi connectivity index (χ1n) is 5.36. The third-order valence-electron chi connectivity index (χ3n) is 2.73. The van der Waals surface area contributed by atoms with Gasteiger partial charge >= 0.3 is 0 Å². The van der Waals surface area contributed by atoms with E-state index in [1.165, 1.54) is 4.31 Å². The van der Waals surface area contributed by atoms with Gasteiger partial charge in [0.25, 0.3) is 0 Å². The third-order valence-corrected chi connectivity index (χ3v) is 4.93. The molecule has 0 aromatic heterocycles. The van der Waals surface area contributed by atoms with Crippen LogP contribution < -0.4 is 5.73 Å². The highest BCUT2D eigenvalue weighted by atomic mass is 32.2. The molecular weight excluding hydrogens is 248 g/mol. The van der Waals surface area contributed by atoms with Crippen LogP contribution in [0.15, 0.2) is 0 Å². The molecule has 0 atom stereocenters. The Labute approximate surface area is 102 Å². The summed E-state index contributed by atoms with van der Waals surface area (Å²) < 4.78 is 25.3. The predicted molar refractivity (Wildman–Crippen MR) is 66.6 cm³/mol. The quantitative estimate of drug-likeness (QED) is 0.653. The van der Waals surface area contributed by atoms with Gasteiger partial charge in [-0.15, -0.1) is 0 Å². The summed E-state index contributed by atoms with van der Waals surface area (Å²) in [5.74, 6) is -0.307. The second-order valence-corrected chi connectivity index (χ2v) is 6.44. The third kappa shape index (κ3) is 3.65. The number of sulfonamides is 1. The van der Waals surface area contributed by atoms with Crippen molar-refractivity contribution < 1.29 is 13.5 Å². The summed E-state index contributed by atoms with van der Waals surface area (Å²) in [6.45, 7) is -0.0390. The molecule has 94 valence electrons. The van der Waals surface area contributed by atoms with Crippen molar-refractivity contribution in [1.82, 2.24) is 4.31 Å². The predicted octanol–water partition coefficient (Wildman–Crippen LogP) is -0.161. The number of nitrogens with zero attached hydrogens (tertiary/aromatic N) is 1. The van der Waals surface area contributed by atoms with Crippen LogP contribution in [0.1, 0.15) is 25.7 Å². The van der Waals surface area contributed by atoms with E-state index in [0.29, 0.717) is 0 Å². The molecule has 1 rings (SSSR count). The van der Waals surface area contributed by atoms with Crippen molar-refractivity contribution >= 4 is 27.2 Å². The number of nitrogens with two attached hydrogens (primary N) is 1. The molecule has 1 aliphatic carbocycles. The van der Waals surface area contributed by atoms with Gasteiger partial charge < -0.3 is 10.8 Å². The van der Waals surface area contributed by atoms with Crippen molar-refractivity contribution in [2.45, 2.75) is 31.7 Å². The van der Waals surface area contributed by atoms with Crippen LogP contribution in [0.4, 0.5) is 0 Å². The fraction of sp³-hybridized carbons (Fsp3) is 0.889. The first-order valence-corrected chi connectivity index (χ1v) is 7.38. The molecule has 5 nitrogen and oxygen atoms in total. The van der Waals surface area contributed by atoms with Gasteiger partial charge in [-0.05, 0) is 12.8 Å². The number of aliphatic hydroxyl groups is 1. The van der Waals surface area contributed by atoms with Crippen molar-refractivity contribution in [3.05, 3.63) is 0 Å². The van der Waals surface area contributed by atoms with Gasteiger partial charge in [-0.25, -0.2) is 8.42 Å². The van der Waals surface area contributed by atoms with Gasteiger partial charge in [-0.1, -0.05) is 25.1 Å². The number of hydrogen-bond donors (Lipinski definition) is 2. The van der Waals surface area contributed by atoms with Crippen molar-refractivity contribution in [3.8, 4) is 0 Å². The number of hydrogen-bond acceptors (Lipinski definition) is 4. The average Bonchev–Trinajstić information content (AvgIpc) is 2.64. The van der Waals surface area contributed by atoms with E-state index in [2.05, 4.69) is 12.2 Å². The van der Waals surface area contributed by atoms with Crippen LogP contribution in [-0.2, 0) is 10.0 Å². The summed E-state index contributed by atoms with van der Waals surface area (Å²) in [6, 6.07) is 0.00602. The minimum absolute atomic E-state index is 0.00602. The number of rotatable bonds is 6. The lowest BCUT2D eigenvalue weighted by molar-refractivity contribution is 0.227. The lowest BCUT2D eigenvalue weighted by Crippen LogP contribution is -2.44. The molecule has 0 spiro atoms. The Bertz CT molecular complexity index is 337. The van der Waals surface area contributed by atoms with Crippen LogP contribution in [0, 0.1) is 0 Å². The van der Waals surface area contributed by atoms with Gasteiger partial charge in [0.15, 0.2) is 0 Å². The van der Waals surface area contributed by atoms with Gasteiger partial charge in [-0.2, -0.15) is 4.31 Å². The molecular formula is C9H18N2O3S2. The molecule has 0 aromatic rings. The second-order valence-electron chi connectivity index (χ2n) is 4.00. The largest absolute Gasteiger partial charge is 0.395 e. The van der Waals surface area contributed by atoms with Crippen molar-refractivity contribution in [2.24, 2.45) is 5.73 Å². The van der Waals surface area contributed by atoms with Crippen LogP contribution in [0.2, 0.25) is 0 Å². The van der Waals surface area contributed by atoms with E-state index < -0.39 is 10.0 Å². The summed E-state index contributed by atoms with van der Waals surface area (Å²) in [5, 5.41) is 8.92. The maximum atomic E-state index is 12.0. The van der Waals surface area contributed by atoms with E-state index >= 15 is 0 Å². The Hall–Kier alpha value is -0.240. The molecule has 1 aliphatic rings. The lowest BCUT2D eigenvalue weighted by Gasteiger charge is -2.27. The minimum Gasteiger partial charge on any atom is -0.395 e. The van der Waals surface area contributed by atoms with E-state index in [-0.39, 0.29) is 29.9 Å². The van der Waals surface area contributed by atoms with Crippen molar-refractivity contribution in [2.75, 3.05) is 18.9 Å². The summed E-state index contributed by atoms with van der Waals surface area (Å²) >= 11 is 4.63. The topological polar surface area (TPSA) is 83.6 Å². The van der Waals surface area contributed by atoms with E-state index in [1.54, 1.807) is 0 Å². The lowest BCUT2D eigenvalue weighted by atomic mass is 10.2. The molecule has 0 aliphatic heterocycles. The second kappa shape index (κ2) is 5.90. The van der Waals surface area contributed by atoms with E-state index in [1.807, 2.05) is 0 Å². The molecule has 1 fully saturated rings. The molecule has 3 N–H and O–H groups in total. The number of thiocarbonyl (C=S) groups is 1. The maximum Gasteiger partial charge on any atom is 0.220 e. The zero-order chi connectivity index (χ0) is 12.2. The van der Waals surface area contributed by atoms with Crippen LogP contribution >= 0.6 is 12.2 Å². The zero-order valence-electron chi connectivity index (χ0n) is 9.13. The van der Waals surface area contributed by atoms with Crippen LogP contribution in [0.25, 0.3) is 0 Å². The van der Waals surface area contributed by atoms with Crippen molar-refractivity contribution in [3.63, 3.8) is 0 Å². The van der Waals surface area contributed by atoms with Gasteiger partial charge in [-0.3, -0.25) is 0 Å². The molecule has 0 radical (unpaired) electrons. The summed E-state index contributed by atoms with van der Waals surface area (Å²) in [7, 11) is -3.46. The SMILES string of the molecule is NC(=S)CS(=O)(=O)N(CCO)C1CCCC1. The minimum atomic E-state index is -3.46. The molecule has 7 heteroatoms. The molecule has 0 aromatic carbocycles. The molecule has 0 unspecified atom stereocenters. The highest BCUT2D eigenvalue weighted by Crippen LogP contribution is 2.25. The highest BCUT2D eigenvalue weighted by molar-refractivity contribution is 7.92. The first kappa shape index (κ1) is 13.8. The molecule has 1 saturated carbocycles. The summed E-state index contributed by atoms with van der Waals surface area (Å²) in [4.78, 5) is -0.0269. The molecule has 0 heterocycles. The normalized spacial score (nSPS) is 18.1. The van der Waals surface area contributed by atoms with Gasteiger partial charge in [0.1, 0.15) is 5.75 Å². The van der Waals surface area contributed by atoms with Gasteiger partial charge in [0.05, 0.1) is 11.6 Å². The van der Waals surface area contributed by atoms with Crippen LogP contribution in [0.5, 0.6) is 0 Å². The molecule has 0 amide bonds. The smallest absolute Gasteiger partial charge is 0.220 e. The van der Waals surface area contributed by atoms with E-state index in [0.717, 1.165) is 25.7 Å². The van der Waals surface area contributed by atoms with Gasteiger partial charge in [0, 0.05) is 12.6 Å². The van der Waals surface area contributed by atoms with Crippen LogP contribution in [-0.4, -0.2) is 47.8 Å².